The van der Waals surface area contributed by atoms with E-state index < -0.39 is 0 Å². The SMILES string of the molecule is COc1ccccc1Cc1noc(CCCNC(C)C)n1. The van der Waals surface area contributed by atoms with Crippen LogP contribution in [0.2, 0.25) is 0 Å². The molecule has 0 aliphatic carbocycles. The Morgan fingerprint density at radius 1 is 1.29 bits per heavy atom. The molecule has 0 aliphatic rings. The summed E-state index contributed by atoms with van der Waals surface area (Å²) in [7, 11) is 1.67. The van der Waals surface area contributed by atoms with E-state index in [2.05, 4.69) is 29.3 Å². The molecule has 0 unspecified atom stereocenters. The van der Waals surface area contributed by atoms with Crippen LogP contribution in [-0.2, 0) is 12.8 Å². The second-order valence-electron chi connectivity index (χ2n) is 5.31. The van der Waals surface area contributed by atoms with Gasteiger partial charge in [-0.05, 0) is 19.0 Å². The molecule has 0 aliphatic heterocycles. The molecule has 5 heteroatoms. The van der Waals surface area contributed by atoms with Gasteiger partial charge in [-0.25, -0.2) is 0 Å². The molecule has 0 saturated carbocycles. The van der Waals surface area contributed by atoms with Crippen molar-refractivity contribution in [1.29, 1.82) is 0 Å². The largest absolute Gasteiger partial charge is 0.496 e. The summed E-state index contributed by atoms with van der Waals surface area (Å²) < 4.78 is 10.6. The molecule has 0 bridgehead atoms. The molecule has 2 aromatic rings. The van der Waals surface area contributed by atoms with Gasteiger partial charge >= 0.3 is 0 Å². The van der Waals surface area contributed by atoms with Crippen LogP contribution < -0.4 is 10.1 Å². The fraction of sp³-hybridized carbons (Fsp3) is 0.500. The van der Waals surface area contributed by atoms with E-state index in [1.165, 1.54) is 0 Å². The number of hydrogen-bond acceptors (Lipinski definition) is 5. The summed E-state index contributed by atoms with van der Waals surface area (Å²) >= 11 is 0. The maximum Gasteiger partial charge on any atom is 0.226 e. The second-order valence-corrected chi connectivity index (χ2v) is 5.31. The van der Waals surface area contributed by atoms with Crippen molar-refractivity contribution in [2.24, 2.45) is 0 Å². The first kappa shape index (κ1) is 15.5. The standard InChI is InChI=1S/C16H23N3O2/c1-12(2)17-10-6-9-16-18-15(19-21-16)11-13-7-4-5-8-14(13)20-3/h4-5,7-8,12,17H,6,9-11H2,1-3H3. The third-order valence-corrected chi connectivity index (χ3v) is 3.17. The highest BCUT2D eigenvalue weighted by molar-refractivity contribution is 5.35. The first-order valence-corrected chi connectivity index (χ1v) is 7.35. The number of aromatic nitrogens is 2. The Morgan fingerprint density at radius 3 is 2.86 bits per heavy atom. The Labute approximate surface area is 125 Å². The lowest BCUT2D eigenvalue weighted by Gasteiger charge is -2.05. The normalized spacial score (nSPS) is 11.0. The Hall–Kier alpha value is -1.88. The Bertz CT molecular complexity index is 552. The third kappa shape index (κ3) is 4.86. The van der Waals surface area contributed by atoms with Crippen molar-refractivity contribution >= 4 is 0 Å². The fourth-order valence-electron chi connectivity index (χ4n) is 2.11. The maximum atomic E-state index is 5.33. The van der Waals surface area contributed by atoms with Gasteiger partial charge in [0.25, 0.3) is 0 Å². The quantitative estimate of drug-likeness (QED) is 0.757. The zero-order valence-electron chi connectivity index (χ0n) is 12.9. The number of aryl methyl sites for hydroxylation is 1. The number of nitrogens with zero attached hydrogens (tertiary/aromatic N) is 2. The summed E-state index contributed by atoms with van der Waals surface area (Å²) in [5.74, 6) is 2.25. The lowest BCUT2D eigenvalue weighted by Crippen LogP contribution is -2.23. The minimum atomic E-state index is 0.508. The second kappa shape index (κ2) is 7.78. The summed E-state index contributed by atoms with van der Waals surface area (Å²) in [5.41, 5.74) is 1.06. The lowest BCUT2D eigenvalue weighted by molar-refractivity contribution is 0.369. The van der Waals surface area contributed by atoms with Crippen molar-refractivity contribution in [3.8, 4) is 5.75 Å². The van der Waals surface area contributed by atoms with Gasteiger partial charge in [-0.2, -0.15) is 4.98 Å². The average molecular weight is 289 g/mol. The summed E-state index contributed by atoms with van der Waals surface area (Å²) in [4.78, 5) is 4.44. The van der Waals surface area contributed by atoms with Gasteiger partial charge in [-0.1, -0.05) is 37.2 Å². The Kier molecular flexibility index (Phi) is 5.75. The predicted octanol–water partition coefficient (Wildman–Crippen LogP) is 2.60. The van der Waals surface area contributed by atoms with Crippen LogP contribution in [0.1, 0.15) is 37.5 Å². The highest BCUT2D eigenvalue weighted by Gasteiger charge is 2.09. The number of rotatable bonds is 8. The van der Waals surface area contributed by atoms with Gasteiger partial charge < -0.3 is 14.6 Å². The zero-order valence-corrected chi connectivity index (χ0v) is 12.9. The van der Waals surface area contributed by atoms with Crippen molar-refractivity contribution < 1.29 is 9.26 Å². The van der Waals surface area contributed by atoms with E-state index in [1.807, 2.05) is 24.3 Å². The summed E-state index contributed by atoms with van der Waals surface area (Å²) in [6.45, 7) is 5.23. The number of nitrogens with one attached hydrogen (secondary N) is 1. The first-order chi connectivity index (χ1) is 10.2. The van der Waals surface area contributed by atoms with Crippen LogP contribution >= 0.6 is 0 Å². The molecule has 5 nitrogen and oxygen atoms in total. The molecule has 1 aromatic carbocycles. The molecule has 21 heavy (non-hydrogen) atoms. The first-order valence-electron chi connectivity index (χ1n) is 7.35. The summed E-state index contributed by atoms with van der Waals surface area (Å²) in [6, 6.07) is 8.39. The number of ether oxygens (including phenoxy) is 1. The molecule has 0 amide bonds. The van der Waals surface area contributed by atoms with Gasteiger partial charge in [0.05, 0.1) is 7.11 Å². The van der Waals surface area contributed by atoms with Gasteiger partial charge in [0.1, 0.15) is 5.75 Å². The molecule has 1 N–H and O–H groups in total. The Morgan fingerprint density at radius 2 is 2.10 bits per heavy atom. The van der Waals surface area contributed by atoms with Crippen LogP contribution in [0.15, 0.2) is 28.8 Å². The topological polar surface area (TPSA) is 60.2 Å². The molecule has 1 aromatic heterocycles. The third-order valence-electron chi connectivity index (χ3n) is 3.17. The van der Waals surface area contributed by atoms with E-state index in [4.69, 9.17) is 9.26 Å². The number of methoxy groups -OCH3 is 1. The Balaban J connectivity index is 1.88. The summed E-state index contributed by atoms with van der Waals surface area (Å²) in [5, 5.41) is 7.41. The molecule has 114 valence electrons. The van der Waals surface area contributed by atoms with E-state index in [0.29, 0.717) is 24.2 Å². The molecular weight excluding hydrogens is 266 g/mol. The van der Waals surface area contributed by atoms with Gasteiger partial charge in [-0.3, -0.25) is 0 Å². The van der Waals surface area contributed by atoms with Crippen molar-refractivity contribution in [2.45, 2.75) is 39.2 Å². The van der Waals surface area contributed by atoms with Crippen LogP contribution in [0.25, 0.3) is 0 Å². The van der Waals surface area contributed by atoms with Crippen LogP contribution in [-0.4, -0.2) is 29.8 Å². The number of hydrogen-bond donors (Lipinski definition) is 1. The monoisotopic (exact) mass is 289 g/mol. The van der Waals surface area contributed by atoms with Crippen molar-refractivity contribution in [1.82, 2.24) is 15.5 Å². The maximum absolute atomic E-state index is 5.33. The van der Waals surface area contributed by atoms with Crippen molar-refractivity contribution in [3.05, 3.63) is 41.5 Å². The predicted molar refractivity (Wildman–Crippen MR) is 81.6 cm³/mol. The molecule has 0 saturated heterocycles. The smallest absolute Gasteiger partial charge is 0.226 e. The van der Waals surface area contributed by atoms with E-state index in [0.717, 1.165) is 30.7 Å². The van der Waals surface area contributed by atoms with E-state index >= 15 is 0 Å². The molecule has 1 heterocycles. The fourth-order valence-corrected chi connectivity index (χ4v) is 2.11. The highest BCUT2D eigenvalue weighted by atomic mass is 16.5. The molecular formula is C16H23N3O2. The zero-order chi connectivity index (χ0) is 15.1. The van der Waals surface area contributed by atoms with Gasteiger partial charge in [0, 0.05) is 24.4 Å². The molecule has 0 atom stereocenters. The molecule has 0 fully saturated rings. The van der Waals surface area contributed by atoms with Crippen LogP contribution in [0.5, 0.6) is 5.75 Å². The number of para-hydroxylation sites is 1. The van der Waals surface area contributed by atoms with Crippen LogP contribution in [0.4, 0.5) is 0 Å². The van der Waals surface area contributed by atoms with Gasteiger partial charge in [0.15, 0.2) is 5.82 Å². The highest BCUT2D eigenvalue weighted by Crippen LogP contribution is 2.19. The van der Waals surface area contributed by atoms with Crippen molar-refractivity contribution in [3.63, 3.8) is 0 Å². The van der Waals surface area contributed by atoms with Gasteiger partial charge in [-0.15, -0.1) is 0 Å². The number of benzene rings is 1. The van der Waals surface area contributed by atoms with Crippen LogP contribution in [0, 0.1) is 0 Å². The van der Waals surface area contributed by atoms with E-state index in [1.54, 1.807) is 7.11 Å². The average Bonchev–Trinajstić information content (AvgIpc) is 2.91. The minimum absolute atomic E-state index is 0.508. The molecule has 0 spiro atoms. The molecule has 0 radical (unpaired) electrons. The van der Waals surface area contributed by atoms with E-state index in [-0.39, 0.29) is 0 Å². The molecule has 2 rings (SSSR count). The van der Waals surface area contributed by atoms with E-state index in [9.17, 15) is 0 Å². The summed E-state index contributed by atoms with van der Waals surface area (Å²) in [6.07, 6.45) is 2.42. The lowest BCUT2D eigenvalue weighted by atomic mass is 10.1. The minimum Gasteiger partial charge on any atom is -0.496 e. The van der Waals surface area contributed by atoms with Crippen LogP contribution in [0.3, 0.4) is 0 Å². The van der Waals surface area contributed by atoms with Gasteiger partial charge in [0.2, 0.25) is 5.89 Å². The van der Waals surface area contributed by atoms with Crippen molar-refractivity contribution in [2.75, 3.05) is 13.7 Å².